The minimum Gasteiger partial charge on any atom is -0.435 e. The van der Waals surface area contributed by atoms with Crippen LogP contribution in [0, 0.1) is 0 Å². The standard InChI is InChI=1S/C26H27NO3/c1-2-29-25(28)30-23-18-24(27-19-23)26(20-12-6-3-7-13-20,21-14-8-4-9-15-21)22-16-10-5-11-17-22/h3-17,23-24,27H,2,18-19H2,1H3. The highest BCUT2D eigenvalue weighted by molar-refractivity contribution is 5.60. The summed E-state index contributed by atoms with van der Waals surface area (Å²) >= 11 is 0. The van der Waals surface area contributed by atoms with Crippen LogP contribution in [0.2, 0.25) is 0 Å². The van der Waals surface area contributed by atoms with E-state index in [-0.39, 0.29) is 12.1 Å². The van der Waals surface area contributed by atoms with E-state index in [1.165, 1.54) is 16.7 Å². The Kier molecular flexibility index (Phi) is 6.15. The highest BCUT2D eigenvalue weighted by Gasteiger charge is 2.47. The van der Waals surface area contributed by atoms with Crippen LogP contribution in [0.25, 0.3) is 0 Å². The lowest BCUT2D eigenvalue weighted by atomic mass is 9.64. The molecule has 1 aliphatic rings. The summed E-state index contributed by atoms with van der Waals surface area (Å²) in [5, 5.41) is 3.66. The number of carbonyl (C=O) groups is 1. The second-order valence-corrected chi connectivity index (χ2v) is 7.53. The SMILES string of the molecule is CCOC(=O)OC1CNC(C(c2ccccc2)(c2ccccc2)c2ccccc2)C1. The first-order chi connectivity index (χ1) is 14.7. The van der Waals surface area contributed by atoms with Crippen molar-refractivity contribution < 1.29 is 14.3 Å². The molecule has 0 amide bonds. The molecule has 1 N–H and O–H groups in total. The van der Waals surface area contributed by atoms with Crippen LogP contribution in [0.4, 0.5) is 4.79 Å². The summed E-state index contributed by atoms with van der Waals surface area (Å²) in [6.45, 7) is 2.68. The topological polar surface area (TPSA) is 47.6 Å². The van der Waals surface area contributed by atoms with Gasteiger partial charge in [0.15, 0.2) is 0 Å². The molecule has 1 fully saturated rings. The van der Waals surface area contributed by atoms with Crippen LogP contribution in [-0.2, 0) is 14.9 Å². The highest BCUT2D eigenvalue weighted by Crippen LogP contribution is 2.44. The number of hydrogen-bond donors (Lipinski definition) is 1. The molecule has 0 radical (unpaired) electrons. The monoisotopic (exact) mass is 401 g/mol. The van der Waals surface area contributed by atoms with Gasteiger partial charge in [0.2, 0.25) is 0 Å². The lowest BCUT2D eigenvalue weighted by Crippen LogP contribution is -2.47. The van der Waals surface area contributed by atoms with Gasteiger partial charge in [-0.15, -0.1) is 0 Å². The van der Waals surface area contributed by atoms with Crippen LogP contribution in [-0.4, -0.2) is 31.5 Å². The van der Waals surface area contributed by atoms with Crippen molar-refractivity contribution in [2.75, 3.05) is 13.2 Å². The van der Waals surface area contributed by atoms with Crippen LogP contribution in [0.3, 0.4) is 0 Å². The van der Waals surface area contributed by atoms with Gasteiger partial charge in [-0.05, 0) is 23.6 Å². The molecule has 3 aromatic rings. The molecule has 3 aromatic carbocycles. The molecule has 0 bridgehead atoms. The molecule has 154 valence electrons. The second-order valence-electron chi connectivity index (χ2n) is 7.53. The van der Waals surface area contributed by atoms with Gasteiger partial charge in [0.05, 0.1) is 12.0 Å². The van der Waals surface area contributed by atoms with Gasteiger partial charge in [-0.25, -0.2) is 4.79 Å². The number of hydrogen-bond acceptors (Lipinski definition) is 4. The summed E-state index contributed by atoms with van der Waals surface area (Å²) in [5.41, 5.74) is 3.20. The van der Waals surface area contributed by atoms with E-state index in [0.717, 1.165) is 0 Å². The van der Waals surface area contributed by atoms with Crippen molar-refractivity contribution in [1.82, 2.24) is 5.32 Å². The molecule has 30 heavy (non-hydrogen) atoms. The van der Waals surface area contributed by atoms with Gasteiger partial charge in [0.25, 0.3) is 0 Å². The van der Waals surface area contributed by atoms with Crippen molar-refractivity contribution in [3.63, 3.8) is 0 Å². The minimum atomic E-state index is -0.602. The Hall–Kier alpha value is -3.11. The molecule has 0 spiro atoms. The first-order valence-corrected chi connectivity index (χ1v) is 10.5. The van der Waals surface area contributed by atoms with Crippen molar-refractivity contribution in [2.24, 2.45) is 0 Å². The van der Waals surface area contributed by atoms with Crippen LogP contribution >= 0.6 is 0 Å². The second kappa shape index (κ2) is 9.14. The largest absolute Gasteiger partial charge is 0.508 e. The Morgan fingerprint density at radius 1 is 0.867 bits per heavy atom. The summed E-state index contributed by atoms with van der Waals surface area (Å²) in [4.78, 5) is 11.9. The number of carbonyl (C=O) groups excluding carboxylic acids is 1. The molecule has 0 aromatic heterocycles. The third-order valence-electron chi connectivity index (χ3n) is 5.83. The third-order valence-corrected chi connectivity index (χ3v) is 5.83. The molecule has 4 nitrogen and oxygen atoms in total. The zero-order chi connectivity index (χ0) is 20.8. The van der Waals surface area contributed by atoms with Crippen LogP contribution in [0.1, 0.15) is 30.0 Å². The zero-order valence-corrected chi connectivity index (χ0v) is 17.2. The van der Waals surface area contributed by atoms with Crippen molar-refractivity contribution in [3.8, 4) is 0 Å². The van der Waals surface area contributed by atoms with E-state index in [1.54, 1.807) is 6.92 Å². The molecular formula is C26H27NO3. The Bertz CT molecular complexity index is 847. The fourth-order valence-corrected chi connectivity index (χ4v) is 4.62. The first-order valence-electron chi connectivity index (χ1n) is 10.5. The summed E-state index contributed by atoms with van der Waals surface area (Å²) in [6, 6.07) is 31.7. The molecule has 1 heterocycles. The lowest BCUT2D eigenvalue weighted by molar-refractivity contribution is 0.0315. The maximum atomic E-state index is 11.9. The molecule has 4 rings (SSSR count). The summed E-state index contributed by atoms with van der Waals surface area (Å²) in [6.07, 6.45) is -0.142. The van der Waals surface area contributed by atoms with Crippen molar-refractivity contribution in [2.45, 2.75) is 30.9 Å². The zero-order valence-electron chi connectivity index (χ0n) is 17.2. The van der Waals surface area contributed by atoms with E-state index in [9.17, 15) is 4.79 Å². The van der Waals surface area contributed by atoms with Crippen LogP contribution < -0.4 is 5.32 Å². The molecule has 1 saturated heterocycles. The Morgan fingerprint density at radius 2 is 1.33 bits per heavy atom. The fourth-order valence-electron chi connectivity index (χ4n) is 4.62. The predicted molar refractivity (Wildman–Crippen MR) is 118 cm³/mol. The van der Waals surface area contributed by atoms with Gasteiger partial charge in [0, 0.05) is 19.0 Å². The lowest BCUT2D eigenvalue weighted by Gasteiger charge is -2.41. The van der Waals surface area contributed by atoms with E-state index < -0.39 is 11.6 Å². The maximum Gasteiger partial charge on any atom is 0.508 e. The summed E-state index contributed by atoms with van der Waals surface area (Å²) < 4.78 is 10.6. The van der Waals surface area contributed by atoms with Gasteiger partial charge in [-0.2, -0.15) is 0 Å². The van der Waals surface area contributed by atoms with E-state index in [1.807, 2.05) is 18.2 Å². The fraction of sp³-hybridized carbons (Fsp3) is 0.269. The maximum absolute atomic E-state index is 11.9. The van der Waals surface area contributed by atoms with E-state index in [0.29, 0.717) is 19.6 Å². The van der Waals surface area contributed by atoms with E-state index in [4.69, 9.17) is 9.47 Å². The Labute approximate surface area is 177 Å². The smallest absolute Gasteiger partial charge is 0.435 e. The van der Waals surface area contributed by atoms with Gasteiger partial charge in [-0.3, -0.25) is 0 Å². The average Bonchev–Trinajstić information content (AvgIpc) is 3.25. The number of ether oxygens (including phenoxy) is 2. The van der Waals surface area contributed by atoms with Crippen molar-refractivity contribution >= 4 is 6.16 Å². The Morgan fingerprint density at radius 3 is 1.77 bits per heavy atom. The molecular weight excluding hydrogens is 374 g/mol. The molecule has 0 aliphatic carbocycles. The predicted octanol–water partition coefficient (Wildman–Crippen LogP) is 4.92. The van der Waals surface area contributed by atoms with Gasteiger partial charge >= 0.3 is 6.16 Å². The molecule has 0 saturated carbocycles. The van der Waals surface area contributed by atoms with Crippen molar-refractivity contribution in [1.29, 1.82) is 0 Å². The normalized spacial score (nSPS) is 18.7. The van der Waals surface area contributed by atoms with Crippen LogP contribution in [0.5, 0.6) is 0 Å². The number of benzene rings is 3. The Balaban J connectivity index is 1.81. The molecule has 2 atom stereocenters. The minimum absolute atomic E-state index is 0.0455. The number of nitrogens with one attached hydrogen (secondary N) is 1. The van der Waals surface area contributed by atoms with E-state index >= 15 is 0 Å². The molecule has 2 unspecified atom stereocenters. The van der Waals surface area contributed by atoms with Crippen LogP contribution in [0.15, 0.2) is 91.0 Å². The van der Waals surface area contributed by atoms with Gasteiger partial charge in [-0.1, -0.05) is 91.0 Å². The number of rotatable bonds is 6. The summed E-state index contributed by atoms with van der Waals surface area (Å²) in [7, 11) is 0. The molecule has 1 aliphatic heterocycles. The highest BCUT2D eigenvalue weighted by atomic mass is 16.7. The van der Waals surface area contributed by atoms with Gasteiger partial charge in [0.1, 0.15) is 6.10 Å². The van der Waals surface area contributed by atoms with Crippen molar-refractivity contribution in [3.05, 3.63) is 108 Å². The summed E-state index contributed by atoms with van der Waals surface area (Å²) in [5.74, 6) is 0. The van der Waals surface area contributed by atoms with Gasteiger partial charge < -0.3 is 14.8 Å². The average molecular weight is 402 g/mol. The quantitative estimate of drug-likeness (QED) is 0.470. The molecule has 4 heteroatoms. The third kappa shape index (κ3) is 3.83. The first kappa shape index (κ1) is 20.2. The van der Waals surface area contributed by atoms with E-state index in [2.05, 4.69) is 78.1 Å².